The van der Waals surface area contributed by atoms with E-state index in [4.69, 9.17) is 8.94 Å². The summed E-state index contributed by atoms with van der Waals surface area (Å²) < 4.78 is 11.1. The fourth-order valence-corrected chi connectivity index (χ4v) is 2.66. The first-order chi connectivity index (χ1) is 10.3. The van der Waals surface area contributed by atoms with Crippen molar-refractivity contribution in [2.75, 3.05) is 6.54 Å². The second kappa shape index (κ2) is 5.48. The summed E-state index contributed by atoms with van der Waals surface area (Å²) in [6.45, 7) is 9.09. The molecule has 1 saturated heterocycles. The molecule has 0 saturated carbocycles. The Morgan fingerprint density at radius 1 is 1.41 bits per heavy atom. The van der Waals surface area contributed by atoms with E-state index in [9.17, 15) is 5.11 Å². The molecule has 0 bridgehead atoms. The summed E-state index contributed by atoms with van der Waals surface area (Å²) in [4.78, 5) is 10.7. The van der Waals surface area contributed by atoms with Crippen molar-refractivity contribution in [3.63, 3.8) is 0 Å². The lowest BCUT2D eigenvalue weighted by Crippen LogP contribution is -2.24. The average molecular weight is 306 g/mol. The highest BCUT2D eigenvalue weighted by Crippen LogP contribution is 2.33. The molecule has 2 aromatic rings. The van der Waals surface area contributed by atoms with Crippen LogP contribution in [0.25, 0.3) is 0 Å². The normalized spacial score (nSPS) is 23.3. The van der Waals surface area contributed by atoms with Gasteiger partial charge in [0.15, 0.2) is 5.82 Å². The topological polar surface area (TPSA) is 88.4 Å². The van der Waals surface area contributed by atoms with Crippen LogP contribution in [0.3, 0.4) is 0 Å². The monoisotopic (exact) mass is 306 g/mol. The van der Waals surface area contributed by atoms with Gasteiger partial charge in [0.1, 0.15) is 5.76 Å². The van der Waals surface area contributed by atoms with Gasteiger partial charge < -0.3 is 14.0 Å². The zero-order chi connectivity index (χ0) is 15.9. The molecular weight excluding hydrogens is 284 g/mol. The van der Waals surface area contributed by atoms with E-state index in [-0.39, 0.29) is 11.5 Å². The lowest BCUT2D eigenvalue weighted by molar-refractivity contribution is 0.160. The quantitative estimate of drug-likeness (QED) is 0.927. The molecule has 1 aliphatic rings. The van der Waals surface area contributed by atoms with Gasteiger partial charge in [0, 0.05) is 12.0 Å². The second-order valence-electron chi connectivity index (χ2n) is 6.88. The minimum absolute atomic E-state index is 0.0707. The molecule has 7 heteroatoms. The third kappa shape index (κ3) is 3.05. The van der Waals surface area contributed by atoms with Crippen LogP contribution in [0, 0.1) is 6.92 Å². The molecule has 3 heterocycles. The van der Waals surface area contributed by atoms with E-state index in [0.29, 0.717) is 37.1 Å². The molecule has 22 heavy (non-hydrogen) atoms. The van der Waals surface area contributed by atoms with Crippen molar-refractivity contribution in [1.29, 1.82) is 0 Å². The molecule has 0 aromatic carbocycles. The van der Waals surface area contributed by atoms with E-state index in [1.165, 1.54) is 0 Å². The summed E-state index contributed by atoms with van der Waals surface area (Å²) in [5.41, 5.74) is -0.0707. The van der Waals surface area contributed by atoms with Gasteiger partial charge in [0.05, 0.1) is 24.9 Å². The van der Waals surface area contributed by atoms with Crippen molar-refractivity contribution >= 4 is 0 Å². The maximum absolute atomic E-state index is 9.97. The van der Waals surface area contributed by atoms with Gasteiger partial charge in [-0.15, -0.1) is 0 Å². The predicted molar refractivity (Wildman–Crippen MR) is 78.0 cm³/mol. The molecule has 2 atom stereocenters. The van der Waals surface area contributed by atoms with Crippen molar-refractivity contribution < 1.29 is 14.0 Å². The standard InChI is InChI=1S/C15H22N4O3/c1-9-17-14(22-18-9)11-5-10(20)7-19(11)8-13-16-6-12(21-13)15(2,3)4/h6,10-11,20H,5,7-8H2,1-4H3/t10-,11+/m0/s1. The van der Waals surface area contributed by atoms with Gasteiger partial charge in [-0.3, -0.25) is 4.90 Å². The Bertz CT molecular complexity index is 643. The number of likely N-dealkylation sites (tertiary alicyclic amines) is 1. The van der Waals surface area contributed by atoms with Gasteiger partial charge in [-0.25, -0.2) is 4.98 Å². The molecule has 7 nitrogen and oxygen atoms in total. The van der Waals surface area contributed by atoms with Crippen LogP contribution in [0.2, 0.25) is 0 Å². The lowest BCUT2D eigenvalue weighted by atomic mass is 9.94. The molecule has 0 unspecified atom stereocenters. The minimum atomic E-state index is -0.408. The Hall–Kier alpha value is -1.73. The van der Waals surface area contributed by atoms with Gasteiger partial charge in [-0.2, -0.15) is 4.98 Å². The predicted octanol–water partition coefficient (Wildman–Crippen LogP) is 1.97. The third-order valence-corrected chi connectivity index (χ3v) is 3.84. The van der Waals surface area contributed by atoms with Crippen LogP contribution in [0.5, 0.6) is 0 Å². The Kier molecular flexibility index (Phi) is 3.78. The van der Waals surface area contributed by atoms with Gasteiger partial charge in [0.25, 0.3) is 0 Å². The Balaban J connectivity index is 1.76. The number of nitrogens with zero attached hydrogens (tertiary/aromatic N) is 4. The maximum Gasteiger partial charge on any atom is 0.244 e. The van der Waals surface area contributed by atoms with Crippen LogP contribution in [0.1, 0.15) is 56.6 Å². The molecule has 1 fully saturated rings. The van der Waals surface area contributed by atoms with Crippen molar-refractivity contribution in [2.24, 2.45) is 0 Å². The molecule has 1 aliphatic heterocycles. The minimum Gasteiger partial charge on any atom is -0.444 e. The fraction of sp³-hybridized carbons (Fsp3) is 0.667. The number of aryl methyl sites for hydroxylation is 1. The van der Waals surface area contributed by atoms with Crippen molar-refractivity contribution in [1.82, 2.24) is 20.0 Å². The summed E-state index contributed by atoms with van der Waals surface area (Å²) in [5, 5.41) is 13.8. The van der Waals surface area contributed by atoms with Crippen LogP contribution in [-0.4, -0.2) is 37.8 Å². The van der Waals surface area contributed by atoms with Gasteiger partial charge in [-0.05, 0) is 13.3 Å². The highest BCUT2D eigenvalue weighted by atomic mass is 16.5. The van der Waals surface area contributed by atoms with Crippen molar-refractivity contribution in [3.8, 4) is 0 Å². The van der Waals surface area contributed by atoms with E-state index in [0.717, 1.165) is 5.76 Å². The highest BCUT2D eigenvalue weighted by molar-refractivity contribution is 5.07. The van der Waals surface area contributed by atoms with Crippen LogP contribution >= 0.6 is 0 Å². The molecule has 0 radical (unpaired) electrons. The molecule has 120 valence electrons. The largest absolute Gasteiger partial charge is 0.444 e. The molecule has 3 rings (SSSR count). The smallest absolute Gasteiger partial charge is 0.244 e. The van der Waals surface area contributed by atoms with Gasteiger partial charge in [0.2, 0.25) is 11.8 Å². The van der Waals surface area contributed by atoms with Crippen molar-refractivity contribution in [3.05, 3.63) is 29.6 Å². The Morgan fingerprint density at radius 2 is 2.18 bits per heavy atom. The van der Waals surface area contributed by atoms with Crippen LogP contribution < -0.4 is 0 Å². The zero-order valence-electron chi connectivity index (χ0n) is 13.4. The molecule has 1 N–H and O–H groups in total. The maximum atomic E-state index is 9.97. The van der Waals surface area contributed by atoms with E-state index >= 15 is 0 Å². The van der Waals surface area contributed by atoms with E-state index in [2.05, 4.69) is 40.8 Å². The number of β-amino-alcohol motifs (C(OH)–C–C–N with tert-alkyl or cyclic N) is 1. The summed E-state index contributed by atoms with van der Waals surface area (Å²) in [7, 11) is 0. The van der Waals surface area contributed by atoms with E-state index in [1.54, 1.807) is 13.1 Å². The third-order valence-electron chi connectivity index (χ3n) is 3.84. The lowest BCUT2D eigenvalue weighted by Gasteiger charge is -2.19. The molecule has 0 amide bonds. The first-order valence-corrected chi connectivity index (χ1v) is 7.50. The van der Waals surface area contributed by atoms with Crippen molar-refractivity contribution in [2.45, 2.75) is 58.2 Å². The first-order valence-electron chi connectivity index (χ1n) is 7.50. The number of oxazole rings is 1. The van der Waals surface area contributed by atoms with Crippen LogP contribution in [-0.2, 0) is 12.0 Å². The number of aliphatic hydroxyl groups excluding tert-OH is 1. The Morgan fingerprint density at radius 3 is 2.77 bits per heavy atom. The summed E-state index contributed by atoms with van der Waals surface area (Å²) in [6, 6.07) is -0.0961. The number of hydrogen-bond donors (Lipinski definition) is 1. The molecule has 0 aliphatic carbocycles. The number of hydrogen-bond acceptors (Lipinski definition) is 7. The average Bonchev–Trinajstić information content (AvgIpc) is 3.09. The van der Waals surface area contributed by atoms with Crippen LogP contribution in [0.15, 0.2) is 15.1 Å². The fourth-order valence-electron chi connectivity index (χ4n) is 2.66. The second-order valence-corrected chi connectivity index (χ2v) is 6.88. The number of aromatic nitrogens is 3. The SMILES string of the molecule is Cc1noc([C@H]2C[C@H](O)CN2Cc2ncc(C(C)(C)C)o2)n1. The number of aliphatic hydroxyl groups is 1. The summed E-state index contributed by atoms with van der Waals surface area (Å²) >= 11 is 0. The summed E-state index contributed by atoms with van der Waals surface area (Å²) in [6.07, 6.45) is 1.94. The Labute approximate surface area is 129 Å². The van der Waals surface area contributed by atoms with E-state index in [1.807, 2.05) is 0 Å². The van der Waals surface area contributed by atoms with Gasteiger partial charge >= 0.3 is 0 Å². The van der Waals surface area contributed by atoms with Crippen LogP contribution in [0.4, 0.5) is 0 Å². The van der Waals surface area contributed by atoms with E-state index < -0.39 is 6.10 Å². The molecular formula is C15H22N4O3. The molecule has 2 aromatic heterocycles. The summed E-state index contributed by atoms with van der Waals surface area (Å²) in [5.74, 6) is 2.63. The zero-order valence-corrected chi connectivity index (χ0v) is 13.4. The number of rotatable bonds is 3. The molecule has 0 spiro atoms. The highest BCUT2D eigenvalue weighted by Gasteiger charge is 2.36. The van der Waals surface area contributed by atoms with Gasteiger partial charge in [-0.1, -0.05) is 25.9 Å². The first kappa shape index (κ1) is 15.2.